The molecule has 0 aliphatic heterocycles. The second-order valence-electron chi connectivity index (χ2n) is 4.48. The summed E-state index contributed by atoms with van der Waals surface area (Å²) in [7, 11) is -2.42. The van der Waals surface area contributed by atoms with E-state index in [1.165, 1.54) is 31.6 Å². The quantitative estimate of drug-likeness (QED) is 0.782. The summed E-state index contributed by atoms with van der Waals surface area (Å²) in [6.07, 6.45) is 1.48. The minimum Gasteiger partial charge on any atom is -0.495 e. The van der Waals surface area contributed by atoms with E-state index in [9.17, 15) is 13.2 Å². The van der Waals surface area contributed by atoms with Gasteiger partial charge in [-0.3, -0.25) is 4.79 Å². The molecule has 0 saturated heterocycles. The van der Waals surface area contributed by atoms with E-state index in [1.54, 1.807) is 12.1 Å². The van der Waals surface area contributed by atoms with E-state index in [1.807, 2.05) is 0 Å². The highest BCUT2D eigenvalue weighted by Crippen LogP contribution is 2.26. The summed E-state index contributed by atoms with van der Waals surface area (Å²) in [4.78, 5) is 11.6. The Labute approximate surface area is 138 Å². The third-order valence-electron chi connectivity index (χ3n) is 2.90. The molecule has 0 saturated carbocycles. The van der Waals surface area contributed by atoms with Gasteiger partial charge in [0.1, 0.15) is 11.5 Å². The van der Waals surface area contributed by atoms with Gasteiger partial charge in [0.15, 0.2) is 0 Å². The molecule has 0 fully saturated rings. The van der Waals surface area contributed by atoms with Crippen molar-refractivity contribution in [1.82, 2.24) is 10.0 Å². The molecule has 0 aliphatic carbocycles. The van der Waals surface area contributed by atoms with Crippen molar-refractivity contribution in [3.8, 4) is 5.75 Å². The Hall–Kier alpha value is -2.03. The van der Waals surface area contributed by atoms with Crippen molar-refractivity contribution in [2.24, 2.45) is 0 Å². The van der Waals surface area contributed by atoms with Crippen LogP contribution in [-0.2, 0) is 21.4 Å². The molecule has 1 heterocycles. The predicted molar refractivity (Wildman–Crippen MR) is 83.7 cm³/mol. The van der Waals surface area contributed by atoms with Crippen LogP contribution in [-0.4, -0.2) is 28.0 Å². The van der Waals surface area contributed by atoms with E-state index >= 15 is 0 Å². The minimum absolute atomic E-state index is 0.0536. The third-order valence-corrected chi connectivity index (χ3v) is 4.59. The summed E-state index contributed by atoms with van der Waals surface area (Å²) < 4.78 is 36.4. The van der Waals surface area contributed by atoms with Crippen LogP contribution in [0.25, 0.3) is 0 Å². The molecule has 0 unspecified atom stereocenters. The maximum atomic E-state index is 12.1. The van der Waals surface area contributed by atoms with Crippen LogP contribution in [0, 0.1) is 0 Å². The highest BCUT2D eigenvalue weighted by molar-refractivity contribution is 7.89. The number of halogens is 1. The highest BCUT2D eigenvalue weighted by atomic mass is 35.5. The first-order chi connectivity index (χ1) is 10.9. The lowest BCUT2D eigenvalue weighted by Gasteiger charge is -2.09. The van der Waals surface area contributed by atoms with E-state index in [4.69, 9.17) is 20.8 Å². The fraction of sp³-hybridized carbons (Fsp3) is 0.214. The summed E-state index contributed by atoms with van der Waals surface area (Å²) in [5.74, 6) is 0.453. The van der Waals surface area contributed by atoms with Crippen LogP contribution in [0.2, 0.25) is 5.02 Å². The van der Waals surface area contributed by atoms with Gasteiger partial charge in [0, 0.05) is 0 Å². The number of amides is 1. The molecule has 9 heteroatoms. The van der Waals surface area contributed by atoms with Crippen molar-refractivity contribution in [2.75, 3.05) is 13.7 Å². The van der Waals surface area contributed by atoms with Crippen molar-refractivity contribution in [1.29, 1.82) is 0 Å². The number of carbonyl (C=O) groups excluding carboxylic acids is 1. The number of methoxy groups -OCH3 is 1. The Balaban J connectivity index is 1.93. The number of hydrogen-bond donors (Lipinski definition) is 2. The summed E-state index contributed by atoms with van der Waals surface area (Å²) in [5.41, 5.74) is 0. The van der Waals surface area contributed by atoms with Crippen molar-refractivity contribution in [3.05, 3.63) is 47.4 Å². The first-order valence-electron chi connectivity index (χ1n) is 6.54. The molecular formula is C14H15ClN2O5S. The molecule has 2 aromatic rings. The van der Waals surface area contributed by atoms with E-state index in [2.05, 4.69) is 10.0 Å². The first kappa shape index (κ1) is 17.3. The molecule has 2 rings (SSSR count). The Kier molecular flexibility index (Phi) is 5.64. The predicted octanol–water partition coefficient (Wildman–Crippen LogP) is 1.54. The Bertz CT molecular complexity index is 774. The zero-order chi connectivity index (χ0) is 16.9. The lowest BCUT2D eigenvalue weighted by Crippen LogP contribution is -2.36. The van der Waals surface area contributed by atoms with Gasteiger partial charge >= 0.3 is 0 Å². The summed E-state index contributed by atoms with van der Waals surface area (Å²) in [6.45, 7) is -0.214. The van der Waals surface area contributed by atoms with Gasteiger partial charge in [0.2, 0.25) is 15.9 Å². The fourth-order valence-electron chi connectivity index (χ4n) is 1.72. The molecular weight excluding hydrogens is 344 g/mol. The van der Waals surface area contributed by atoms with Crippen LogP contribution >= 0.6 is 11.6 Å². The average molecular weight is 359 g/mol. The Morgan fingerprint density at radius 3 is 2.74 bits per heavy atom. The molecule has 1 aromatic carbocycles. The number of hydrogen-bond acceptors (Lipinski definition) is 5. The zero-order valence-electron chi connectivity index (χ0n) is 12.2. The number of benzene rings is 1. The van der Waals surface area contributed by atoms with Gasteiger partial charge in [-0.25, -0.2) is 13.1 Å². The molecule has 23 heavy (non-hydrogen) atoms. The molecule has 1 aromatic heterocycles. The van der Waals surface area contributed by atoms with E-state index in [-0.39, 0.29) is 16.5 Å². The zero-order valence-corrected chi connectivity index (χ0v) is 13.8. The third kappa shape index (κ3) is 4.72. The summed E-state index contributed by atoms with van der Waals surface area (Å²) in [6, 6.07) is 7.42. The van der Waals surface area contributed by atoms with Crippen LogP contribution < -0.4 is 14.8 Å². The molecule has 0 atom stereocenters. The van der Waals surface area contributed by atoms with E-state index in [0.29, 0.717) is 11.5 Å². The van der Waals surface area contributed by atoms with Gasteiger partial charge in [0.25, 0.3) is 0 Å². The molecule has 0 spiro atoms. The molecule has 0 radical (unpaired) electrons. The number of rotatable bonds is 7. The summed E-state index contributed by atoms with van der Waals surface area (Å²) >= 11 is 5.90. The second-order valence-corrected chi connectivity index (χ2v) is 6.65. The van der Waals surface area contributed by atoms with Crippen molar-refractivity contribution < 1.29 is 22.4 Å². The van der Waals surface area contributed by atoms with Crippen molar-refractivity contribution in [2.45, 2.75) is 11.4 Å². The van der Waals surface area contributed by atoms with Crippen LogP contribution in [0.5, 0.6) is 5.75 Å². The summed E-state index contributed by atoms with van der Waals surface area (Å²) in [5, 5.41) is 2.70. The van der Waals surface area contributed by atoms with Crippen LogP contribution in [0.4, 0.5) is 0 Å². The van der Waals surface area contributed by atoms with Gasteiger partial charge in [-0.2, -0.15) is 0 Å². The Morgan fingerprint density at radius 1 is 1.35 bits per heavy atom. The van der Waals surface area contributed by atoms with E-state index < -0.39 is 22.5 Å². The molecule has 1 amide bonds. The molecule has 0 bridgehead atoms. The molecule has 124 valence electrons. The first-order valence-corrected chi connectivity index (χ1v) is 8.41. The number of ether oxygens (including phenoxy) is 1. The van der Waals surface area contributed by atoms with Crippen LogP contribution in [0.1, 0.15) is 5.76 Å². The number of sulfonamides is 1. The molecule has 2 N–H and O–H groups in total. The average Bonchev–Trinajstić information content (AvgIpc) is 3.04. The monoisotopic (exact) mass is 358 g/mol. The Morgan fingerprint density at radius 2 is 2.13 bits per heavy atom. The van der Waals surface area contributed by atoms with Gasteiger partial charge in [0.05, 0.1) is 36.4 Å². The largest absolute Gasteiger partial charge is 0.495 e. The normalized spacial score (nSPS) is 11.2. The maximum absolute atomic E-state index is 12.1. The second kappa shape index (κ2) is 7.49. The highest BCUT2D eigenvalue weighted by Gasteiger charge is 2.17. The molecule has 7 nitrogen and oxygen atoms in total. The van der Waals surface area contributed by atoms with E-state index in [0.717, 1.165) is 0 Å². The SMILES string of the molecule is COc1ccc(S(=O)(=O)NCC(=O)NCc2ccco2)cc1Cl. The smallest absolute Gasteiger partial charge is 0.241 e. The van der Waals surface area contributed by atoms with Gasteiger partial charge in [-0.1, -0.05) is 11.6 Å². The van der Waals surface area contributed by atoms with Crippen molar-refractivity contribution in [3.63, 3.8) is 0 Å². The number of furan rings is 1. The lowest BCUT2D eigenvalue weighted by molar-refractivity contribution is -0.120. The standard InChI is InChI=1S/C14H15ClN2O5S/c1-21-13-5-4-11(7-12(13)15)23(19,20)17-9-14(18)16-8-10-3-2-6-22-10/h2-7,17H,8-9H2,1H3,(H,16,18). The van der Waals surface area contributed by atoms with Gasteiger partial charge < -0.3 is 14.5 Å². The minimum atomic E-state index is -3.85. The topological polar surface area (TPSA) is 97.6 Å². The van der Waals surface area contributed by atoms with Crippen LogP contribution in [0.3, 0.4) is 0 Å². The van der Waals surface area contributed by atoms with Gasteiger partial charge in [-0.05, 0) is 30.3 Å². The molecule has 0 aliphatic rings. The van der Waals surface area contributed by atoms with Gasteiger partial charge in [-0.15, -0.1) is 0 Å². The number of carbonyl (C=O) groups is 1. The number of nitrogens with one attached hydrogen (secondary N) is 2. The van der Waals surface area contributed by atoms with Crippen LogP contribution in [0.15, 0.2) is 45.9 Å². The fourth-order valence-corrected chi connectivity index (χ4v) is 3.05. The maximum Gasteiger partial charge on any atom is 0.241 e. The lowest BCUT2D eigenvalue weighted by atomic mass is 10.3. The van der Waals surface area contributed by atoms with Crippen molar-refractivity contribution >= 4 is 27.5 Å².